The van der Waals surface area contributed by atoms with Crippen LogP contribution in [-0.4, -0.2) is 5.78 Å². The van der Waals surface area contributed by atoms with E-state index in [-0.39, 0.29) is 17.2 Å². The van der Waals surface area contributed by atoms with Crippen molar-refractivity contribution < 1.29 is 9.18 Å². The van der Waals surface area contributed by atoms with Gasteiger partial charge in [-0.25, -0.2) is 4.39 Å². The molecule has 0 aromatic heterocycles. The molecule has 1 aliphatic rings. The zero-order chi connectivity index (χ0) is 12.6. The van der Waals surface area contributed by atoms with E-state index in [9.17, 15) is 9.18 Å². The zero-order valence-electron chi connectivity index (χ0n) is 10.7. The van der Waals surface area contributed by atoms with E-state index in [2.05, 4.69) is 20.8 Å². The fourth-order valence-electron chi connectivity index (χ4n) is 2.94. The van der Waals surface area contributed by atoms with Crippen molar-refractivity contribution in [2.45, 2.75) is 39.0 Å². The normalized spacial score (nSPS) is 24.6. The van der Waals surface area contributed by atoms with Gasteiger partial charge in [0, 0.05) is 12.3 Å². The number of hydrogen-bond acceptors (Lipinski definition) is 1. The van der Waals surface area contributed by atoms with Crippen LogP contribution in [0.5, 0.6) is 0 Å². The molecule has 2 rings (SSSR count). The van der Waals surface area contributed by atoms with Crippen molar-refractivity contribution in [3.8, 4) is 0 Å². The Kier molecular flexibility index (Phi) is 3.07. The van der Waals surface area contributed by atoms with Gasteiger partial charge in [0.05, 0.1) is 0 Å². The Hall–Kier alpha value is -1.18. The van der Waals surface area contributed by atoms with Gasteiger partial charge in [-0.3, -0.25) is 4.79 Å². The quantitative estimate of drug-likeness (QED) is 0.779. The van der Waals surface area contributed by atoms with Gasteiger partial charge in [-0.1, -0.05) is 32.9 Å². The van der Waals surface area contributed by atoms with Crippen LogP contribution >= 0.6 is 0 Å². The van der Waals surface area contributed by atoms with E-state index in [1.54, 1.807) is 0 Å². The molecule has 0 N–H and O–H groups in total. The second kappa shape index (κ2) is 4.25. The van der Waals surface area contributed by atoms with Crippen LogP contribution in [-0.2, 0) is 10.2 Å². The maximum atomic E-state index is 12.9. The molecule has 0 heterocycles. The highest BCUT2D eigenvalue weighted by Crippen LogP contribution is 2.46. The number of carbonyl (C=O) groups is 1. The van der Waals surface area contributed by atoms with E-state index < -0.39 is 0 Å². The molecule has 1 aromatic carbocycles. The highest BCUT2D eigenvalue weighted by atomic mass is 19.1. The van der Waals surface area contributed by atoms with Gasteiger partial charge >= 0.3 is 0 Å². The maximum Gasteiger partial charge on any atom is 0.136 e. The number of rotatable bonds is 3. The number of halogens is 1. The maximum absolute atomic E-state index is 12.9. The lowest BCUT2D eigenvalue weighted by atomic mass is 9.57. The van der Waals surface area contributed by atoms with Crippen molar-refractivity contribution >= 4 is 5.78 Å². The predicted molar refractivity (Wildman–Crippen MR) is 66.3 cm³/mol. The number of ketones is 1. The van der Waals surface area contributed by atoms with Gasteiger partial charge in [-0.05, 0) is 35.4 Å². The van der Waals surface area contributed by atoms with E-state index >= 15 is 0 Å². The third kappa shape index (κ3) is 2.01. The van der Waals surface area contributed by atoms with Crippen molar-refractivity contribution in [1.29, 1.82) is 0 Å². The molecule has 1 aliphatic carbocycles. The molecular weight excluding hydrogens is 215 g/mol. The summed E-state index contributed by atoms with van der Waals surface area (Å²) in [5.74, 6) is 0.759. The SMILES string of the molecule is CCC1C(=O)CC1C(C)(C)c1ccc(F)cc1. The van der Waals surface area contributed by atoms with Crippen molar-refractivity contribution in [1.82, 2.24) is 0 Å². The molecule has 1 aromatic rings. The largest absolute Gasteiger partial charge is 0.299 e. The van der Waals surface area contributed by atoms with Gasteiger partial charge in [0.25, 0.3) is 0 Å². The first-order valence-corrected chi connectivity index (χ1v) is 6.25. The number of carbonyl (C=O) groups excluding carboxylic acids is 1. The minimum Gasteiger partial charge on any atom is -0.299 e. The summed E-state index contributed by atoms with van der Waals surface area (Å²) in [6.45, 7) is 6.37. The molecule has 1 saturated carbocycles. The van der Waals surface area contributed by atoms with Crippen LogP contribution < -0.4 is 0 Å². The molecule has 0 amide bonds. The third-order valence-electron chi connectivity index (χ3n) is 4.28. The molecule has 2 atom stereocenters. The Morgan fingerprint density at radius 2 is 1.88 bits per heavy atom. The van der Waals surface area contributed by atoms with Crippen LogP contribution in [0.2, 0.25) is 0 Å². The molecular formula is C15H19FO. The molecule has 1 nitrogen and oxygen atoms in total. The predicted octanol–water partition coefficient (Wildman–Crippen LogP) is 3.72. The lowest BCUT2D eigenvalue weighted by Gasteiger charge is -2.45. The fourth-order valence-corrected chi connectivity index (χ4v) is 2.94. The van der Waals surface area contributed by atoms with Gasteiger partial charge in [-0.2, -0.15) is 0 Å². The molecule has 0 spiro atoms. The minimum atomic E-state index is -0.207. The standard InChI is InChI=1S/C15H19FO/c1-4-12-13(9-14(12)17)15(2,3)10-5-7-11(16)8-6-10/h5-8,12-13H,4,9H2,1-3H3. The zero-order valence-corrected chi connectivity index (χ0v) is 10.7. The Bertz CT molecular complexity index is 419. The summed E-state index contributed by atoms with van der Waals surface area (Å²) in [5, 5.41) is 0. The van der Waals surface area contributed by atoms with E-state index in [4.69, 9.17) is 0 Å². The first-order chi connectivity index (χ1) is 7.96. The fraction of sp³-hybridized carbons (Fsp3) is 0.533. The first kappa shape index (κ1) is 12.3. The van der Waals surface area contributed by atoms with Gasteiger partial charge in [0.15, 0.2) is 0 Å². The van der Waals surface area contributed by atoms with Gasteiger partial charge in [-0.15, -0.1) is 0 Å². The van der Waals surface area contributed by atoms with Crippen molar-refractivity contribution in [3.05, 3.63) is 35.6 Å². The van der Waals surface area contributed by atoms with E-state index in [1.165, 1.54) is 12.1 Å². The van der Waals surface area contributed by atoms with Crippen LogP contribution in [0.25, 0.3) is 0 Å². The average Bonchev–Trinajstić information content (AvgIpc) is 2.27. The lowest BCUT2D eigenvalue weighted by Crippen LogP contribution is -2.47. The van der Waals surface area contributed by atoms with Crippen LogP contribution in [0.15, 0.2) is 24.3 Å². The molecule has 0 radical (unpaired) electrons. The summed E-state index contributed by atoms with van der Waals surface area (Å²) < 4.78 is 12.9. The number of benzene rings is 1. The Balaban J connectivity index is 2.24. The van der Waals surface area contributed by atoms with Gasteiger partial charge < -0.3 is 0 Å². The second-order valence-corrected chi connectivity index (χ2v) is 5.52. The summed E-state index contributed by atoms with van der Waals surface area (Å²) in [6, 6.07) is 6.67. The Labute approximate surface area is 102 Å². The van der Waals surface area contributed by atoms with Crippen molar-refractivity contribution in [2.75, 3.05) is 0 Å². The minimum absolute atomic E-state index is 0.0533. The smallest absolute Gasteiger partial charge is 0.136 e. The average molecular weight is 234 g/mol. The van der Waals surface area contributed by atoms with Crippen molar-refractivity contribution in [2.24, 2.45) is 11.8 Å². The molecule has 0 saturated heterocycles. The molecule has 2 heteroatoms. The van der Waals surface area contributed by atoms with Crippen LogP contribution in [0, 0.1) is 17.7 Å². The molecule has 92 valence electrons. The third-order valence-corrected chi connectivity index (χ3v) is 4.28. The summed E-state index contributed by atoms with van der Waals surface area (Å²) in [6.07, 6.45) is 1.58. The summed E-state index contributed by atoms with van der Waals surface area (Å²) >= 11 is 0. The topological polar surface area (TPSA) is 17.1 Å². The van der Waals surface area contributed by atoms with Crippen LogP contribution in [0.3, 0.4) is 0 Å². The van der Waals surface area contributed by atoms with Crippen LogP contribution in [0.1, 0.15) is 39.2 Å². The van der Waals surface area contributed by atoms with E-state index in [0.29, 0.717) is 18.1 Å². The van der Waals surface area contributed by atoms with Crippen molar-refractivity contribution in [3.63, 3.8) is 0 Å². The summed E-state index contributed by atoms with van der Waals surface area (Å²) in [4.78, 5) is 11.5. The number of Topliss-reactive ketones (excluding diaryl/α,β-unsaturated/α-hetero) is 1. The number of hydrogen-bond donors (Lipinski definition) is 0. The van der Waals surface area contributed by atoms with E-state index in [1.807, 2.05) is 12.1 Å². The molecule has 0 aliphatic heterocycles. The molecule has 2 unspecified atom stereocenters. The lowest BCUT2D eigenvalue weighted by molar-refractivity contribution is -0.137. The van der Waals surface area contributed by atoms with Crippen LogP contribution in [0.4, 0.5) is 4.39 Å². The Morgan fingerprint density at radius 3 is 2.35 bits per heavy atom. The van der Waals surface area contributed by atoms with Gasteiger partial charge in [0.2, 0.25) is 0 Å². The highest BCUT2D eigenvalue weighted by molar-refractivity contribution is 5.87. The summed E-state index contributed by atoms with van der Waals surface area (Å²) in [7, 11) is 0. The summed E-state index contributed by atoms with van der Waals surface area (Å²) in [5.41, 5.74) is 1.07. The van der Waals surface area contributed by atoms with Gasteiger partial charge in [0.1, 0.15) is 11.6 Å². The Morgan fingerprint density at radius 1 is 1.29 bits per heavy atom. The second-order valence-electron chi connectivity index (χ2n) is 5.52. The first-order valence-electron chi connectivity index (χ1n) is 6.25. The molecule has 17 heavy (non-hydrogen) atoms. The highest BCUT2D eigenvalue weighted by Gasteiger charge is 2.47. The molecule has 0 bridgehead atoms. The monoisotopic (exact) mass is 234 g/mol. The molecule has 1 fully saturated rings. The van der Waals surface area contributed by atoms with E-state index in [0.717, 1.165) is 12.0 Å².